The lowest BCUT2D eigenvalue weighted by molar-refractivity contribution is 0.181. The van der Waals surface area contributed by atoms with Gasteiger partial charge in [-0.2, -0.15) is 0 Å². The Morgan fingerprint density at radius 3 is 2.57 bits per heavy atom. The van der Waals surface area contributed by atoms with Gasteiger partial charge in [0, 0.05) is 30.8 Å². The number of nitrogens with one attached hydrogen (secondary N) is 1. The molecule has 0 aliphatic heterocycles. The Balaban J connectivity index is 1.98. The van der Waals surface area contributed by atoms with Crippen LogP contribution in [-0.2, 0) is 6.54 Å². The van der Waals surface area contributed by atoms with E-state index in [1.165, 1.54) is 25.7 Å². The Labute approximate surface area is 143 Å². The summed E-state index contributed by atoms with van der Waals surface area (Å²) < 4.78 is 0. The smallest absolute Gasteiger partial charge is 0.317 e. The standard InChI is InChI=1S/C18H27ClN2O2/c19-17-11-6-5-8-15(17)14-21(12-7-13-22)18(23)20-16-9-3-1-2-4-10-16/h5-6,8,11,16,22H,1-4,7,9-10,12-14H2,(H,20,23). The number of carbonyl (C=O) groups is 1. The van der Waals surface area contributed by atoms with Gasteiger partial charge >= 0.3 is 6.03 Å². The number of amides is 2. The van der Waals surface area contributed by atoms with Crippen molar-refractivity contribution in [2.75, 3.05) is 13.2 Å². The van der Waals surface area contributed by atoms with E-state index in [-0.39, 0.29) is 18.7 Å². The fraction of sp³-hybridized carbons (Fsp3) is 0.611. The molecule has 0 heterocycles. The third kappa shape index (κ3) is 6.04. The molecule has 1 aromatic rings. The van der Waals surface area contributed by atoms with E-state index in [4.69, 9.17) is 16.7 Å². The summed E-state index contributed by atoms with van der Waals surface area (Å²) in [4.78, 5) is 14.4. The van der Waals surface area contributed by atoms with Crippen LogP contribution in [0.3, 0.4) is 0 Å². The van der Waals surface area contributed by atoms with Gasteiger partial charge in [0.1, 0.15) is 0 Å². The molecule has 2 rings (SSSR count). The zero-order valence-electron chi connectivity index (χ0n) is 13.6. The first-order valence-electron chi connectivity index (χ1n) is 8.60. The molecule has 23 heavy (non-hydrogen) atoms. The Bertz CT molecular complexity index is 488. The SMILES string of the molecule is O=C(NC1CCCCCC1)N(CCCO)Cc1ccccc1Cl. The van der Waals surface area contributed by atoms with E-state index in [2.05, 4.69) is 5.32 Å². The maximum absolute atomic E-state index is 12.6. The predicted octanol–water partition coefficient (Wildman–Crippen LogP) is 3.96. The van der Waals surface area contributed by atoms with Crippen LogP contribution >= 0.6 is 11.6 Å². The van der Waals surface area contributed by atoms with Crippen LogP contribution in [0.2, 0.25) is 5.02 Å². The summed E-state index contributed by atoms with van der Waals surface area (Å²) in [6, 6.07) is 7.81. The second-order valence-electron chi connectivity index (χ2n) is 6.23. The third-order valence-electron chi connectivity index (χ3n) is 4.38. The third-order valence-corrected chi connectivity index (χ3v) is 4.74. The number of hydrogen-bond acceptors (Lipinski definition) is 2. The largest absolute Gasteiger partial charge is 0.396 e. The van der Waals surface area contributed by atoms with Gasteiger partial charge in [-0.1, -0.05) is 55.5 Å². The number of carbonyl (C=O) groups excluding carboxylic acids is 1. The van der Waals surface area contributed by atoms with Gasteiger partial charge in [0.05, 0.1) is 0 Å². The number of aliphatic hydroxyl groups excluding tert-OH is 1. The molecule has 0 bridgehead atoms. The summed E-state index contributed by atoms with van der Waals surface area (Å²) in [5.41, 5.74) is 0.933. The molecule has 1 aromatic carbocycles. The molecule has 0 spiro atoms. The first-order valence-corrected chi connectivity index (χ1v) is 8.98. The highest BCUT2D eigenvalue weighted by Crippen LogP contribution is 2.19. The minimum atomic E-state index is -0.0507. The fourth-order valence-corrected chi connectivity index (χ4v) is 3.23. The van der Waals surface area contributed by atoms with Crippen LogP contribution in [0.15, 0.2) is 24.3 Å². The highest BCUT2D eigenvalue weighted by atomic mass is 35.5. The summed E-state index contributed by atoms with van der Waals surface area (Å²) in [7, 11) is 0. The summed E-state index contributed by atoms with van der Waals surface area (Å²) in [6.45, 7) is 1.08. The van der Waals surface area contributed by atoms with Gasteiger partial charge in [0.2, 0.25) is 0 Å². The van der Waals surface area contributed by atoms with Crippen LogP contribution in [-0.4, -0.2) is 35.2 Å². The van der Waals surface area contributed by atoms with Crippen LogP contribution in [0.1, 0.15) is 50.5 Å². The van der Waals surface area contributed by atoms with Crippen molar-refractivity contribution in [1.29, 1.82) is 0 Å². The first-order chi connectivity index (χ1) is 11.2. The minimum Gasteiger partial charge on any atom is -0.396 e. The van der Waals surface area contributed by atoms with Gasteiger partial charge in [-0.25, -0.2) is 4.79 Å². The van der Waals surface area contributed by atoms with Gasteiger partial charge in [-0.05, 0) is 30.9 Å². The molecule has 1 fully saturated rings. The summed E-state index contributed by atoms with van der Waals surface area (Å²) >= 11 is 6.21. The number of nitrogens with zero attached hydrogens (tertiary/aromatic N) is 1. The molecule has 2 N–H and O–H groups in total. The normalized spacial score (nSPS) is 15.9. The first kappa shape index (κ1) is 18.1. The number of halogens is 1. The zero-order valence-corrected chi connectivity index (χ0v) is 14.4. The Morgan fingerprint density at radius 1 is 1.22 bits per heavy atom. The van der Waals surface area contributed by atoms with Gasteiger partial charge in [0.25, 0.3) is 0 Å². The molecular formula is C18H27ClN2O2. The Morgan fingerprint density at radius 2 is 1.91 bits per heavy atom. The number of hydrogen-bond donors (Lipinski definition) is 2. The van der Waals surface area contributed by atoms with E-state index in [9.17, 15) is 4.79 Å². The monoisotopic (exact) mass is 338 g/mol. The Hall–Kier alpha value is -1.26. The van der Waals surface area contributed by atoms with E-state index in [0.717, 1.165) is 18.4 Å². The lowest BCUT2D eigenvalue weighted by Gasteiger charge is -2.26. The highest BCUT2D eigenvalue weighted by molar-refractivity contribution is 6.31. The van der Waals surface area contributed by atoms with Crippen LogP contribution < -0.4 is 5.32 Å². The second kappa shape index (κ2) is 9.78. The molecule has 128 valence electrons. The maximum atomic E-state index is 12.6. The molecule has 0 atom stereocenters. The summed E-state index contributed by atoms with van der Waals surface area (Å²) in [5, 5.41) is 12.9. The van der Waals surface area contributed by atoms with Crippen molar-refractivity contribution in [1.82, 2.24) is 10.2 Å². The van der Waals surface area contributed by atoms with Gasteiger partial charge in [0.15, 0.2) is 0 Å². The van der Waals surface area contributed by atoms with Crippen LogP contribution in [0.5, 0.6) is 0 Å². The van der Waals surface area contributed by atoms with E-state index in [1.807, 2.05) is 24.3 Å². The van der Waals surface area contributed by atoms with Crippen molar-refractivity contribution in [3.05, 3.63) is 34.9 Å². The van der Waals surface area contributed by atoms with Crippen molar-refractivity contribution in [3.8, 4) is 0 Å². The molecule has 0 radical (unpaired) electrons. The molecule has 2 amide bonds. The highest BCUT2D eigenvalue weighted by Gasteiger charge is 2.19. The molecule has 0 saturated heterocycles. The summed E-state index contributed by atoms with van der Waals surface area (Å²) in [6.07, 6.45) is 7.60. The molecule has 0 aromatic heterocycles. The Kier molecular flexibility index (Phi) is 7.69. The molecular weight excluding hydrogens is 312 g/mol. The van der Waals surface area contributed by atoms with E-state index < -0.39 is 0 Å². The maximum Gasteiger partial charge on any atom is 0.317 e. The molecule has 4 nitrogen and oxygen atoms in total. The molecule has 1 aliphatic carbocycles. The molecule has 0 unspecified atom stereocenters. The summed E-state index contributed by atoms with van der Waals surface area (Å²) in [5.74, 6) is 0. The fourth-order valence-electron chi connectivity index (χ4n) is 3.04. The molecule has 1 aliphatic rings. The average Bonchev–Trinajstić information content (AvgIpc) is 2.81. The number of aliphatic hydroxyl groups is 1. The van der Waals surface area contributed by atoms with Crippen molar-refractivity contribution in [2.24, 2.45) is 0 Å². The molecule has 1 saturated carbocycles. The lowest BCUT2D eigenvalue weighted by atomic mass is 10.1. The van der Waals surface area contributed by atoms with Crippen molar-refractivity contribution in [3.63, 3.8) is 0 Å². The van der Waals surface area contributed by atoms with Crippen molar-refractivity contribution in [2.45, 2.75) is 57.5 Å². The van der Waals surface area contributed by atoms with Crippen LogP contribution in [0.25, 0.3) is 0 Å². The quantitative estimate of drug-likeness (QED) is 0.771. The molecule has 5 heteroatoms. The minimum absolute atomic E-state index is 0.0507. The van der Waals surface area contributed by atoms with Gasteiger partial charge in [-0.15, -0.1) is 0 Å². The van der Waals surface area contributed by atoms with E-state index in [0.29, 0.717) is 24.5 Å². The lowest BCUT2D eigenvalue weighted by Crippen LogP contribution is -2.45. The second-order valence-corrected chi connectivity index (χ2v) is 6.64. The van der Waals surface area contributed by atoms with E-state index in [1.54, 1.807) is 4.90 Å². The average molecular weight is 339 g/mol. The number of urea groups is 1. The predicted molar refractivity (Wildman–Crippen MR) is 93.6 cm³/mol. The van der Waals surface area contributed by atoms with Crippen molar-refractivity contribution >= 4 is 17.6 Å². The van der Waals surface area contributed by atoms with E-state index >= 15 is 0 Å². The van der Waals surface area contributed by atoms with Crippen LogP contribution in [0, 0.1) is 0 Å². The van der Waals surface area contributed by atoms with Gasteiger partial charge in [-0.3, -0.25) is 0 Å². The van der Waals surface area contributed by atoms with Crippen molar-refractivity contribution < 1.29 is 9.90 Å². The topological polar surface area (TPSA) is 52.6 Å². The number of benzene rings is 1. The van der Waals surface area contributed by atoms with Gasteiger partial charge < -0.3 is 15.3 Å². The number of rotatable bonds is 6. The zero-order chi connectivity index (χ0) is 16.5. The van der Waals surface area contributed by atoms with Crippen LogP contribution in [0.4, 0.5) is 4.79 Å².